The molecule has 0 bridgehead atoms. The molecule has 86 valence electrons. The van der Waals surface area contributed by atoms with Crippen LogP contribution in [0.4, 0.5) is 0 Å². The van der Waals surface area contributed by atoms with Gasteiger partial charge in [0.15, 0.2) is 6.10 Å². The van der Waals surface area contributed by atoms with E-state index < -0.39 is 0 Å². The molecular weight excluding hydrogens is 256 g/mol. The van der Waals surface area contributed by atoms with Crippen LogP contribution in [-0.4, -0.2) is 17.4 Å². The summed E-state index contributed by atoms with van der Waals surface area (Å²) < 4.78 is 5.20. The average molecular weight is 275 g/mol. The van der Waals surface area contributed by atoms with Crippen LogP contribution in [0.25, 0.3) is 0 Å². The van der Waals surface area contributed by atoms with Gasteiger partial charge in [-0.1, -0.05) is 35.2 Å². The van der Waals surface area contributed by atoms with Crippen molar-refractivity contribution in [3.63, 3.8) is 0 Å². The molecule has 0 saturated carbocycles. The SMILES string of the molecule is CC#CC(CC)OC(=O)CCCCCBr. The summed E-state index contributed by atoms with van der Waals surface area (Å²) in [5, 5.41) is 1.00. The van der Waals surface area contributed by atoms with Crippen molar-refractivity contribution in [3.8, 4) is 11.8 Å². The van der Waals surface area contributed by atoms with Gasteiger partial charge >= 0.3 is 5.97 Å². The van der Waals surface area contributed by atoms with Crippen LogP contribution in [0.3, 0.4) is 0 Å². The first-order valence-corrected chi connectivity index (χ1v) is 6.54. The lowest BCUT2D eigenvalue weighted by Crippen LogP contribution is -2.15. The largest absolute Gasteiger partial charge is 0.449 e. The Bertz CT molecular complexity index is 228. The molecule has 3 heteroatoms. The molecule has 0 heterocycles. The third-order valence-electron chi connectivity index (χ3n) is 1.96. The van der Waals surface area contributed by atoms with Gasteiger partial charge in [-0.15, -0.1) is 5.92 Å². The van der Waals surface area contributed by atoms with E-state index in [0.29, 0.717) is 6.42 Å². The Morgan fingerprint density at radius 1 is 1.40 bits per heavy atom. The topological polar surface area (TPSA) is 26.3 Å². The predicted molar refractivity (Wildman–Crippen MR) is 65.9 cm³/mol. The van der Waals surface area contributed by atoms with E-state index in [-0.39, 0.29) is 12.1 Å². The first-order valence-electron chi connectivity index (χ1n) is 5.42. The molecule has 0 radical (unpaired) electrons. The Kier molecular flexibility index (Phi) is 9.71. The molecule has 0 aliphatic rings. The highest BCUT2D eigenvalue weighted by Gasteiger charge is 2.08. The predicted octanol–water partition coefficient (Wildman–Crippen LogP) is 3.29. The van der Waals surface area contributed by atoms with Crippen molar-refractivity contribution in [1.82, 2.24) is 0 Å². The highest BCUT2D eigenvalue weighted by Crippen LogP contribution is 2.05. The molecule has 0 aliphatic heterocycles. The molecule has 15 heavy (non-hydrogen) atoms. The lowest BCUT2D eigenvalue weighted by molar-refractivity contribution is -0.146. The molecule has 0 aromatic heterocycles. The molecule has 0 saturated heterocycles. The lowest BCUT2D eigenvalue weighted by Gasteiger charge is -2.09. The number of carbonyl (C=O) groups excluding carboxylic acids is 1. The molecule has 2 nitrogen and oxygen atoms in total. The molecule has 1 atom stereocenters. The zero-order chi connectivity index (χ0) is 11.5. The Morgan fingerprint density at radius 2 is 2.13 bits per heavy atom. The molecule has 1 unspecified atom stereocenters. The van der Waals surface area contributed by atoms with Gasteiger partial charge in [-0.2, -0.15) is 0 Å². The zero-order valence-electron chi connectivity index (χ0n) is 9.51. The lowest BCUT2D eigenvalue weighted by atomic mass is 10.2. The van der Waals surface area contributed by atoms with Crippen LogP contribution < -0.4 is 0 Å². The Balaban J connectivity index is 3.65. The van der Waals surface area contributed by atoms with E-state index in [2.05, 4.69) is 27.8 Å². The Morgan fingerprint density at radius 3 is 2.67 bits per heavy atom. The second kappa shape index (κ2) is 10.0. The van der Waals surface area contributed by atoms with E-state index in [9.17, 15) is 4.79 Å². The highest BCUT2D eigenvalue weighted by atomic mass is 79.9. The highest BCUT2D eigenvalue weighted by molar-refractivity contribution is 9.09. The van der Waals surface area contributed by atoms with Crippen molar-refractivity contribution in [2.45, 2.75) is 52.1 Å². The van der Waals surface area contributed by atoms with Crippen LogP contribution in [0.2, 0.25) is 0 Å². The van der Waals surface area contributed by atoms with Crippen LogP contribution in [0.1, 0.15) is 46.0 Å². The molecule has 0 aromatic carbocycles. The molecule has 0 aromatic rings. The summed E-state index contributed by atoms with van der Waals surface area (Å²) in [6.07, 6.45) is 4.12. The average Bonchev–Trinajstić information content (AvgIpc) is 2.24. The smallest absolute Gasteiger partial charge is 0.307 e. The summed E-state index contributed by atoms with van der Waals surface area (Å²) in [6.45, 7) is 3.72. The summed E-state index contributed by atoms with van der Waals surface area (Å²) >= 11 is 3.35. The monoisotopic (exact) mass is 274 g/mol. The van der Waals surface area contributed by atoms with E-state index in [0.717, 1.165) is 31.0 Å². The van der Waals surface area contributed by atoms with E-state index in [1.54, 1.807) is 6.92 Å². The number of carbonyl (C=O) groups is 1. The summed E-state index contributed by atoms with van der Waals surface area (Å²) in [7, 11) is 0. The maximum Gasteiger partial charge on any atom is 0.307 e. The number of halogens is 1. The molecule has 0 aliphatic carbocycles. The molecule has 0 fully saturated rings. The fourth-order valence-corrected chi connectivity index (χ4v) is 1.53. The first-order chi connectivity index (χ1) is 7.24. The van der Waals surface area contributed by atoms with Gasteiger partial charge in [0, 0.05) is 11.8 Å². The van der Waals surface area contributed by atoms with Gasteiger partial charge in [-0.05, 0) is 26.2 Å². The van der Waals surface area contributed by atoms with Crippen LogP contribution >= 0.6 is 15.9 Å². The van der Waals surface area contributed by atoms with Gasteiger partial charge in [-0.25, -0.2) is 0 Å². The molecule has 0 spiro atoms. The van der Waals surface area contributed by atoms with E-state index in [1.807, 2.05) is 6.92 Å². The number of esters is 1. The van der Waals surface area contributed by atoms with Crippen molar-refractivity contribution in [1.29, 1.82) is 0 Å². The molecular formula is C12H19BrO2. The second-order valence-electron chi connectivity index (χ2n) is 3.28. The van der Waals surface area contributed by atoms with Crippen molar-refractivity contribution >= 4 is 21.9 Å². The van der Waals surface area contributed by atoms with Crippen molar-refractivity contribution in [2.24, 2.45) is 0 Å². The van der Waals surface area contributed by atoms with Crippen LogP contribution in [0.15, 0.2) is 0 Å². The van der Waals surface area contributed by atoms with Gasteiger partial charge in [0.1, 0.15) is 0 Å². The molecule has 0 rings (SSSR count). The van der Waals surface area contributed by atoms with E-state index >= 15 is 0 Å². The number of unbranched alkanes of at least 4 members (excludes halogenated alkanes) is 2. The maximum absolute atomic E-state index is 11.3. The van der Waals surface area contributed by atoms with Gasteiger partial charge in [0.05, 0.1) is 0 Å². The third-order valence-corrected chi connectivity index (χ3v) is 2.53. The second-order valence-corrected chi connectivity index (χ2v) is 4.07. The quantitative estimate of drug-likeness (QED) is 0.308. The Hall–Kier alpha value is -0.490. The minimum Gasteiger partial charge on any atom is -0.449 e. The number of alkyl halides is 1. The van der Waals surface area contributed by atoms with Gasteiger partial charge in [0.25, 0.3) is 0 Å². The fourth-order valence-electron chi connectivity index (χ4n) is 1.13. The van der Waals surface area contributed by atoms with E-state index in [4.69, 9.17) is 4.74 Å². The third kappa shape index (κ3) is 8.50. The summed E-state index contributed by atoms with van der Waals surface area (Å²) in [6, 6.07) is 0. The minimum atomic E-state index is -0.223. The van der Waals surface area contributed by atoms with Crippen LogP contribution in [0.5, 0.6) is 0 Å². The minimum absolute atomic E-state index is 0.126. The number of ether oxygens (including phenoxy) is 1. The summed E-state index contributed by atoms with van der Waals surface area (Å²) in [5.74, 6) is 5.51. The van der Waals surface area contributed by atoms with Gasteiger partial charge in [-0.3, -0.25) is 4.79 Å². The standard InChI is InChI=1S/C12H19BrO2/c1-3-8-11(4-2)15-12(14)9-6-5-7-10-13/h11H,4-7,9-10H2,1-2H3. The number of hydrogen-bond acceptors (Lipinski definition) is 2. The Labute approximate surface area is 101 Å². The van der Waals surface area contributed by atoms with Crippen molar-refractivity contribution < 1.29 is 9.53 Å². The summed E-state index contributed by atoms with van der Waals surface area (Å²) in [5.41, 5.74) is 0. The van der Waals surface area contributed by atoms with E-state index in [1.165, 1.54) is 0 Å². The van der Waals surface area contributed by atoms with Crippen molar-refractivity contribution in [3.05, 3.63) is 0 Å². The van der Waals surface area contributed by atoms with Crippen LogP contribution in [0, 0.1) is 11.8 Å². The maximum atomic E-state index is 11.3. The zero-order valence-corrected chi connectivity index (χ0v) is 11.1. The van der Waals surface area contributed by atoms with Gasteiger partial charge in [0.2, 0.25) is 0 Å². The fraction of sp³-hybridized carbons (Fsp3) is 0.750. The number of rotatable bonds is 7. The van der Waals surface area contributed by atoms with Gasteiger partial charge < -0.3 is 4.74 Å². The molecule has 0 N–H and O–H groups in total. The number of hydrogen-bond donors (Lipinski definition) is 0. The van der Waals surface area contributed by atoms with Crippen molar-refractivity contribution in [2.75, 3.05) is 5.33 Å². The summed E-state index contributed by atoms with van der Waals surface area (Å²) in [4.78, 5) is 11.3. The molecule has 0 amide bonds. The first kappa shape index (κ1) is 14.5. The normalized spacial score (nSPS) is 11.4. The van der Waals surface area contributed by atoms with Crippen LogP contribution in [-0.2, 0) is 9.53 Å².